The van der Waals surface area contributed by atoms with Crippen molar-refractivity contribution in [2.75, 3.05) is 18.4 Å². The smallest absolute Gasteiger partial charge is 0.323 e. The third-order valence-electron chi connectivity index (χ3n) is 3.74. The van der Waals surface area contributed by atoms with Gasteiger partial charge in [0.05, 0.1) is 12.6 Å². The number of ether oxygens (including phenoxy) is 2. The minimum Gasteiger partial charge on any atom is -0.488 e. The lowest BCUT2D eigenvalue weighted by atomic mass is 10.3. The van der Waals surface area contributed by atoms with Crippen LogP contribution in [0, 0.1) is 0 Å². The molecule has 2 aromatic heterocycles. The highest BCUT2D eigenvalue weighted by Crippen LogP contribution is 2.24. The van der Waals surface area contributed by atoms with Gasteiger partial charge in [0.2, 0.25) is 0 Å². The van der Waals surface area contributed by atoms with E-state index in [1.54, 1.807) is 35.6 Å². The van der Waals surface area contributed by atoms with Gasteiger partial charge in [-0.15, -0.1) is 0 Å². The van der Waals surface area contributed by atoms with Crippen LogP contribution in [0.25, 0.3) is 0 Å². The Hall–Kier alpha value is -2.83. The fraction of sp³-hybridized carbons (Fsp3) is 0.389. The summed E-state index contributed by atoms with van der Waals surface area (Å²) in [6.45, 7) is 5.02. The highest BCUT2D eigenvalue weighted by molar-refractivity contribution is 5.89. The van der Waals surface area contributed by atoms with Gasteiger partial charge in [0, 0.05) is 31.6 Å². The maximum absolute atomic E-state index is 12.5. The molecule has 1 saturated heterocycles. The Kier molecular flexibility index (Phi) is 5.33. The van der Waals surface area contributed by atoms with Gasteiger partial charge in [-0.2, -0.15) is 0 Å². The number of anilines is 1. The van der Waals surface area contributed by atoms with Crippen molar-refractivity contribution in [1.29, 1.82) is 0 Å². The molecular formula is C18H22N4O3. The van der Waals surface area contributed by atoms with Crippen LogP contribution in [-0.2, 0) is 0 Å². The number of carbonyl (C=O) groups excluding carboxylic acids is 1. The number of likely N-dealkylation sites (tertiary alicyclic amines) is 1. The topological polar surface area (TPSA) is 76.6 Å². The summed E-state index contributed by atoms with van der Waals surface area (Å²) in [6.07, 6.45) is 5.77. The van der Waals surface area contributed by atoms with E-state index >= 15 is 0 Å². The third kappa shape index (κ3) is 4.59. The molecule has 132 valence electrons. The van der Waals surface area contributed by atoms with E-state index in [4.69, 9.17) is 9.47 Å². The monoisotopic (exact) mass is 342 g/mol. The quantitative estimate of drug-likeness (QED) is 0.904. The molecule has 2 amide bonds. The summed E-state index contributed by atoms with van der Waals surface area (Å²) in [6, 6.07) is 7.00. The van der Waals surface area contributed by atoms with Gasteiger partial charge in [-0.25, -0.2) is 9.78 Å². The second-order valence-corrected chi connectivity index (χ2v) is 6.10. The number of urea groups is 1. The van der Waals surface area contributed by atoms with Gasteiger partial charge in [-0.05, 0) is 38.1 Å². The third-order valence-corrected chi connectivity index (χ3v) is 3.74. The molecule has 0 saturated carbocycles. The summed E-state index contributed by atoms with van der Waals surface area (Å²) < 4.78 is 11.6. The predicted molar refractivity (Wildman–Crippen MR) is 93.9 cm³/mol. The average Bonchev–Trinajstić information content (AvgIpc) is 3.06. The van der Waals surface area contributed by atoms with Crippen LogP contribution in [0.3, 0.4) is 0 Å². The van der Waals surface area contributed by atoms with E-state index in [1.165, 1.54) is 0 Å². The van der Waals surface area contributed by atoms with Crippen LogP contribution in [0.1, 0.15) is 20.3 Å². The number of pyridine rings is 2. The maximum Gasteiger partial charge on any atom is 0.323 e. The molecule has 1 atom stereocenters. The molecule has 7 heteroatoms. The Bertz CT molecular complexity index is 708. The number of rotatable bonds is 5. The molecule has 0 unspecified atom stereocenters. The molecule has 25 heavy (non-hydrogen) atoms. The van der Waals surface area contributed by atoms with E-state index in [0.29, 0.717) is 24.7 Å². The van der Waals surface area contributed by atoms with Gasteiger partial charge in [0.15, 0.2) is 11.6 Å². The molecule has 7 nitrogen and oxygen atoms in total. The molecule has 1 fully saturated rings. The molecule has 1 aliphatic heterocycles. The molecule has 3 rings (SSSR count). The Morgan fingerprint density at radius 1 is 1.28 bits per heavy atom. The van der Waals surface area contributed by atoms with Gasteiger partial charge < -0.3 is 14.4 Å². The molecule has 0 bridgehead atoms. The number of aromatic nitrogens is 2. The van der Waals surface area contributed by atoms with Gasteiger partial charge >= 0.3 is 6.03 Å². The van der Waals surface area contributed by atoms with Crippen molar-refractivity contribution < 1.29 is 14.3 Å². The highest BCUT2D eigenvalue weighted by atomic mass is 16.5. The van der Waals surface area contributed by atoms with Crippen LogP contribution in [0.2, 0.25) is 0 Å². The van der Waals surface area contributed by atoms with Crippen molar-refractivity contribution in [3.05, 3.63) is 42.9 Å². The summed E-state index contributed by atoms with van der Waals surface area (Å²) in [4.78, 5) is 22.4. The number of nitrogens with one attached hydrogen (secondary N) is 1. The molecule has 0 radical (unpaired) electrons. The molecule has 0 aromatic carbocycles. The minimum atomic E-state index is -0.201. The van der Waals surface area contributed by atoms with Crippen molar-refractivity contribution in [3.63, 3.8) is 0 Å². The molecule has 3 heterocycles. The van der Waals surface area contributed by atoms with Crippen LogP contribution < -0.4 is 14.8 Å². The molecule has 2 aromatic rings. The van der Waals surface area contributed by atoms with Gasteiger partial charge in [-0.1, -0.05) is 0 Å². The molecule has 0 aliphatic carbocycles. The number of hydrogen-bond acceptors (Lipinski definition) is 5. The van der Waals surface area contributed by atoms with Crippen molar-refractivity contribution in [3.8, 4) is 11.5 Å². The fourth-order valence-corrected chi connectivity index (χ4v) is 2.63. The van der Waals surface area contributed by atoms with Crippen LogP contribution >= 0.6 is 0 Å². The number of carbonyl (C=O) groups is 1. The van der Waals surface area contributed by atoms with Gasteiger partial charge in [-0.3, -0.25) is 10.3 Å². The Balaban J connectivity index is 1.58. The van der Waals surface area contributed by atoms with Crippen LogP contribution in [0.4, 0.5) is 10.6 Å². The van der Waals surface area contributed by atoms with Crippen LogP contribution in [0.15, 0.2) is 42.9 Å². The Morgan fingerprint density at radius 2 is 2.08 bits per heavy atom. The lowest BCUT2D eigenvalue weighted by Crippen LogP contribution is -2.35. The second kappa shape index (κ2) is 7.83. The standard InChI is InChI=1S/C18H22N4O3/c1-13(2)24-16-4-3-8-20-17(16)21-18(23)22-11-7-15(12-22)25-14-5-9-19-10-6-14/h3-6,8-10,13,15H,7,11-12H2,1-2H3,(H,20,21,23)/t15-/m1/s1. The summed E-state index contributed by atoms with van der Waals surface area (Å²) in [7, 11) is 0. The SMILES string of the molecule is CC(C)Oc1cccnc1NC(=O)N1CC[C@@H](Oc2ccncc2)C1. The zero-order valence-electron chi connectivity index (χ0n) is 14.4. The highest BCUT2D eigenvalue weighted by Gasteiger charge is 2.28. The van der Waals surface area contributed by atoms with E-state index in [2.05, 4.69) is 15.3 Å². The van der Waals surface area contributed by atoms with Crippen molar-refractivity contribution in [2.45, 2.75) is 32.5 Å². The maximum atomic E-state index is 12.5. The first kappa shape index (κ1) is 17.0. The van der Waals surface area contributed by atoms with E-state index in [1.807, 2.05) is 26.0 Å². The number of nitrogens with zero attached hydrogens (tertiary/aromatic N) is 3. The lowest BCUT2D eigenvalue weighted by Gasteiger charge is -2.19. The Labute approximate surface area is 147 Å². The van der Waals surface area contributed by atoms with E-state index in [9.17, 15) is 4.79 Å². The second-order valence-electron chi connectivity index (χ2n) is 6.10. The summed E-state index contributed by atoms with van der Waals surface area (Å²) in [5, 5.41) is 2.83. The Morgan fingerprint density at radius 3 is 2.84 bits per heavy atom. The van der Waals surface area contributed by atoms with Crippen LogP contribution in [-0.4, -0.2) is 46.2 Å². The number of amides is 2. The lowest BCUT2D eigenvalue weighted by molar-refractivity contribution is 0.194. The van der Waals surface area contributed by atoms with Gasteiger partial charge in [0.1, 0.15) is 11.9 Å². The zero-order valence-corrected chi connectivity index (χ0v) is 14.4. The van der Waals surface area contributed by atoms with Crippen LogP contribution in [0.5, 0.6) is 11.5 Å². The predicted octanol–water partition coefficient (Wildman–Crippen LogP) is 2.95. The minimum absolute atomic E-state index is 0.00443. The van der Waals surface area contributed by atoms with E-state index in [0.717, 1.165) is 12.2 Å². The first-order chi connectivity index (χ1) is 12.1. The van der Waals surface area contributed by atoms with Gasteiger partial charge in [0.25, 0.3) is 0 Å². The largest absolute Gasteiger partial charge is 0.488 e. The first-order valence-electron chi connectivity index (χ1n) is 8.36. The van der Waals surface area contributed by atoms with E-state index in [-0.39, 0.29) is 18.2 Å². The zero-order chi connectivity index (χ0) is 17.6. The van der Waals surface area contributed by atoms with Crippen molar-refractivity contribution >= 4 is 11.8 Å². The molecule has 1 N–H and O–H groups in total. The summed E-state index contributed by atoms with van der Waals surface area (Å²) in [5.74, 6) is 1.76. The average molecular weight is 342 g/mol. The molecule has 0 spiro atoms. The van der Waals surface area contributed by atoms with Crippen molar-refractivity contribution in [1.82, 2.24) is 14.9 Å². The summed E-state index contributed by atoms with van der Waals surface area (Å²) >= 11 is 0. The normalized spacial score (nSPS) is 16.8. The first-order valence-corrected chi connectivity index (χ1v) is 8.36. The van der Waals surface area contributed by atoms with E-state index < -0.39 is 0 Å². The van der Waals surface area contributed by atoms with Crippen molar-refractivity contribution in [2.24, 2.45) is 0 Å². The molecular weight excluding hydrogens is 320 g/mol. The number of hydrogen-bond donors (Lipinski definition) is 1. The fourth-order valence-electron chi connectivity index (χ4n) is 2.63. The summed E-state index contributed by atoms with van der Waals surface area (Å²) in [5.41, 5.74) is 0. The molecule has 1 aliphatic rings.